The molecular weight excluding hydrogens is 290 g/mol. The third-order valence-corrected chi connectivity index (χ3v) is 4.47. The molecule has 0 aliphatic carbocycles. The molecule has 0 bridgehead atoms. The van der Waals surface area contributed by atoms with E-state index in [1.807, 2.05) is 12.1 Å². The second-order valence-electron chi connectivity index (χ2n) is 6.82. The molecule has 0 spiro atoms. The molecule has 1 heterocycles. The van der Waals surface area contributed by atoms with E-state index in [-0.39, 0.29) is 6.04 Å². The highest BCUT2D eigenvalue weighted by molar-refractivity contribution is 6.34. The first-order chi connectivity index (χ1) is 10.9. The molecule has 0 radical (unpaired) electrons. The highest BCUT2D eigenvalue weighted by Gasteiger charge is 2.33. The Bertz CT molecular complexity index is 571. The van der Waals surface area contributed by atoms with Gasteiger partial charge in [0.1, 0.15) is 0 Å². The molecular formula is C18H27N3O2. The predicted molar refractivity (Wildman–Crippen MR) is 90.7 cm³/mol. The average molecular weight is 317 g/mol. The molecule has 1 aromatic rings. The van der Waals surface area contributed by atoms with E-state index in [4.69, 9.17) is 5.73 Å². The highest BCUT2D eigenvalue weighted by Crippen LogP contribution is 2.33. The molecule has 2 amide bonds. The number of carbonyl (C=O) groups excluding carboxylic acids is 2. The monoisotopic (exact) mass is 317 g/mol. The van der Waals surface area contributed by atoms with Crippen LogP contribution in [-0.4, -0.2) is 48.8 Å². The Morgan fingerprint density at radius 3 is 2.70 bits per heavy atom. The average Bonchev–Trinajstić information content (AvgIpc) is 2.52. The van der Waals surface area contributed by atoms with Gasteiger partial charge in [-0.1, -0.05) is 31.2 Å². The minimum absolute atomic E-state index is 0.0505. The zero-order valence-electron chi connectivity index (χ0n) is 14.3. The fourth-order valence-corrected chi connectivity index (χ4v) is 3.17. The first kappa shape index (κ1) is 17.5. The van der Waals surface area contributed by atoms with Gasteiger partial charge in [-0.05, 0) is 50.4 Å². The quantitative estimate of drug-likeness (QED) is 0.857. The Morgan fingerprint density at radius 2 is 2.04 bits per heavy atom. The van der Waals surface area contributed by atoms with Crippen molar-refractivity contribution >= 4 is 11.8 Å². The normalized spacial score (nSPS) is 21.5. The Morgan fingerprint density at radius 1 is 1.30 bits per heavy atom. The first-order valence-electron chi connectivity index (χ1n) is 8.22. The lowest BCUT2D eigenvalue weighted by Gasteiger charge is -2.38. The molecule has 2 atom stereocenters. The maximum absolute atomic E-state index is 12.2. The fourth-order valence-electron chi connectivity index (χ4n) is 3.17. The molecule has 5 nitrogen and oxygen atoms in total. The molecule has 2 unspecified atom stereocenters. The zero-order chi connectivity index (χ0) is 17.0. The molecule has 1 aliphatic rings. The van der Waals surface area contributed by atoms with Crippen LogP contribution in [0.5, 0.6) is 0 Å². The number of carbonyl (C=O) groups is 2. The van der Waals surface area contributed by atoms with Gasteiger partial charge in [0.2, 0.25) is 0 Å². The van der Waals surface area contributed by atoms with Crippen LogP contribution in [0.2, 0.25) is 0 Å². The Labute approximate surface area is 138 Å². The second-order valence-corrected chi connectivity index (χ2v) is 6.82. The number of amides is 2. The summed E-state index contributed by atoms with van der Waals surface area (Å²) in [7, 11) is 4.11. The summed E-state index contributed by atoms with van der Waals surface area (Å²) < 4.78 is 0. The molecule has 2 rings (SSSR count). The number of likely N-dealkylation sites (N-methyl/N-ethyl adjacent to an activating group) is 1. The SMILES string of the molecule is CC1CCC(c2cccc(CCN(C)C)c2)N(C(=O)C(N)=O)C1. The summed E-state index contributed by atoms with van der Waals surface area (Å²) in [5, 5.41) is 0. The molecule has 2 N–H and O–H groups in total. The third-order valence-electron chi connectivity index (χ3n) is 4.47. The Kier molecular flexibility index (Phi) is 5.77. The number of benzene rings is 1. The summed E-state index contributed by atoms with van der Waals surface area (Å²) >= 11 is 0. The Balaban J connectivity index is 2.21. The van der Waals surface area contributed by atoms with Gasteiger partial charge in [-0.15, -0.1) is 0 Å². The van der Waals surface area contributed by atoms with E-state index < -0.39 is 11.8 Å². The molecule has 1 aliphatic heterocycles. The van der Waals surface area contributed by atoms with Crippen molar-refractivity contribution in [3.63, 3.8) is 0 Å². The van der Waals surface area contributed by atoms with Crippen molar-refractivity contribution < 1.29 is 9.59 Å². The summed E-state index contributed by atoms with van der Waals surface area (Å²) in [4.78, 5) is 27.3. The van der Waals surface area contributed by atoms with Crippen LogP contribution in [0, 0.1) is 5.92 Å². The lowest BCUT2D eigenvalue weighted by molar-refractivity contribution is -0.147. The van der Waals surface area contributed by atoms with E-state index in [0.29, 0.717) is 12.5 Å². The number of primary amides is 1. The molecule has 0 saturated carbocycles. The maximum atomic E-state index is 12.2. The van der Waals surface area contributed by atoms with Gasteiger partial charge in [-0.3, -0.25) is 9.59 Å². The topological polar surface area (TPSA) is 66.6 Å². The van der Waals surface area contributed by atoms with Crippen LogP contribution in [0.25, 0.3) is 0 Å². The standard InChI is InChI=1S/C18H27N3O2/c1-13-7-8-16(21(12-13)18(23)17(19)22)15-6-4-5-14(11-15)9-10-20(2)3/h4-6,11,13,16H,7-10,12H2,1-3H3,(H2,19,22). The number of nitrogens with zero attached hydrogens (tertiary/aromatic N) is 2. The summed E-state index contributed by atoms with van der Waals surface area (Å²) in [6.07, 6.45) is 2.89. The highest BCUT2D eigenvalue weighted by atomic mass is 16.2. The van der Waals surface area contributed by atoms with Crippen molar-refractivity contribution in [1.29, 1.82) is 0 Å². The molecule has 1 aromatic carbocycles. The van der Waals surface area contributed by atoms with E-state index in [0.717, 1.165) is 31.4 Å². The van der Waals surface area contributed by atoms with Gasteiger partial charge in [-0.25, -0.2) is 0 Å². The maximum Gasteiger partial charge on any atom is 0.312 e. The molecule has 1 fully saturated rings. The van der Waals surface area contributed by atoms with Crippen molar-refractivity contribution in [2.45, 2.75) is 32.2 Å². The van der Waals surface area contributed by atoms with Gasteiger partial charge in [-0.2, -0.15) is 0 Å². The van der Waals surface area contributed by atoms with Gasteiger partial charge in [0.25, 0.3) is 0 Å². The largest absolute Gasteiger partial charge is 0.361 e. The fraction of sp³-hybridized carbons (Fsp3) is 0.556. The first-order valence-corrected chi connectivity index (χ1v) is 8.22. The third kappa shape index (κ3) is 4.55. The molecule has 0 aromatic heterocycles. The summed E-state index contributed by atoms with van der Waals surface area (Å²) in [6, 6.07) is 8.29. The second kappa shape index (κ2) is 7.59. The number of piperidine rings is 1. The minimum atomic E-state index is -0.868. The van der Waals surface area contributed by atoms with Gasteiger partial charge in [0, 0.05) is 13.1 Å². The van der Waals surface area contributed by atoms with Crippen molar-refractivity contribution in [1.82, 2.24) is 9.80 Å². The van der Waals surface area contributed by atoms with Crippen LogP contribution in [-0.2, 0) is 16.0 Å². The van der Waals surface area contributed by atoms with Gasteiger partial charge in [0.05, 0.1) is 6.04 Å². The van der Waals surface area contributed by atoms with Gasteiger partial charge >= 0.3 is 11.8 Å². The van der Waals surface area contributed by atoms with E-state index in [9.17, 15) is 9.59 Å². The molecule has 5 heteroatoms. The zero-order valence-corrected chi connectivity index (χ0v) is 14.3. The summed E-state index contributed by atoms with van der Waals surface area (Å²) in [6.45, 7) is 3.68. The summed E-state index contributed by atoms with van der Waals surface area (Å²) in [5.74, 6) is -1.04. The smallest absolute Gasteiger partial charge is 0.312 e. The lowest BCUT2D eigenvalue weighted by atomic mass is 9.89. The van der Waals surface area contributed by atoms with Gasteiger partial charge < -0.3 is 15.5 Å². The van der Waals surface area contributed by atoms with E-state index >= 15 is 0 Å². The molecule has 126 valence electrons. The van der Waals surface area contributed by atoms with E-state index in [2.05, 4.69) is 38.1 Å². The van der Waals surface area contributed by atoms with Crippen LogP contribution in [0.3, 0.4) is 0 Å². The lowest BCUT2D eigenvalue weighted by Crippen LogP contribution is -2.46. The number of rotatable bonds is 4. The van der Waals surface area contributed by atoms with Crippen LogP contribution in [0.4, 0.5) is 0 Å². The number of nitrogens with two attached hydrogens (primary N) is 1. The van der Waals surface area contributed by atoms with Crippen molar-refractivity contribution in [2.24, 2.45) is 11.7 Å². The number of hydrogen-bond acceptors (Lipinski definition) is 3. The predicted octanol–water partition coefficient (Wildman–Crippen LogP) is 1.58. The van der Waals surface area contributed by atoms with Crippen LogP contribution < -0.4 is 5.73 Å². The van der Waals surface area contributed by atoms with Crippen LogP contribution in [0.15, 0.2) is 24.3 Å². The minimum Gasteiger partial charge on any atom is -0.361 e. The Hall–Kier alpha value is -1.88. The number of likely N-dealkylation sites (tertiary alicyclic amines) is 1. The van der Waals surface area contributed by atoms with E-state index in [1.165, 1.54) is 5.56 Å². The summed E-state index contributed by atoms with van der Waals surface area (Å²) in [5.41, 5.74) is 7.58. The molecule has 1 saturated heterocycles. The van der Waals surface area contributed by atoms with Crippen LogP contribution in [0.1, 0.15) is 36.9 Å². The van der Waals surface area contributed by atoms with Crippen molar-refractivity contribution in [3.8, 4) is 0 Å². The molecule has 23 heavy (non-hydrogen) atoms. The van der Waals surface area contributed by atoms with Crippen molar-refractivity contribution in [2.75, 3.05) is 27.2 Å². The van der Waals surface area contributed by atoms with Crippen molar-refractivity contribution in [3.05, 3.63) is 35.4 Å². The van der Waals surface area contributed by atoms with Gasteiger partial charge in [0.15, 0.2) is 0 Å². The van der Waals surface area contributed by atoms with Crippen LogP contribution >= 0.6 is 0 Å². The number of hydrogen-bond donors (Lipinski definition) is 1. The van der Waals surface area contributed by atoms with E-state index in [1.54, 1.807) is 4.90 Å².